The van der Waals surface area contributed by atoms with Gasteiger partial charge in [-0.25, -0.2) is 9.97 Å². The minimum Gasteiger partial charge on any atom is -0.484 e. The van der Waals surface area contributed by atoms with Gasteiger partial charge in [-0.2, -0.15) is 0 Å². The molecular weight excluding hydrogens is 340 g/mol. The van der Waals surface area contributed by atoms with E-state index < -0.39 is 0 Å². The summed E-state index contributed by atoms with van der Waals surface area (Å²) in [5.74, 6) is 2.53. The molecule has 6 nitrogen and oxygen atoms in total. The van der Waals surface area contributed by atoms with E-state index >= 15 is 0 Å². The van der Waals surface area contributed by atoms with Crippen LogP contribution >= 0.6 is 0 Å². The van der Waals surface area contributed by atoms with Crippen LogP contribution in [-0.4, -0.2) is 53.6 Å². The maximum Gasteiger partial charge on any atom is 0.260 e. The Bertz CT molecular complexity index is 794. The van der Waals surface area contributed by atoms with Gasteiger partial charge in [0.2, 0.25) is 0 Å². The van der Waals surface area contributed by atoms with Crippen LogP contribution in [0.2, 0.25) is 0 Å². The lowest BCUT2D eigenvalue weighted by Crippen LogP contribution is -2.50. The number of carbonyl (C=O) groups is 1. The van der Waals surface area contributed by atoms with Crippen LogP contribution in [0.1, 0.15) is 29.6 Å². The van der Waals surface area contributed by atoms with Gasteiger partial charge in [-0.15, -0.1) is 0 Å². The maximum atomic E-state index is 12.5. The van der Waals surface area contributed by atoms with Crippen LogP contribution in [0.3, 0.4) is 0 Å². The van der Waals surface area contributed by atoms with Gasteiger partial charge >= 0.3 is 0 Å². The van der Waals surface area contributed by atoms with E-state index in [9.17, 15) is 4.79 Å². The van der Waals surface area contributed by atoms with Gasteiger partial charge < -0.3 is 14.5 Å². The number of ether oxygens (including phenoxy) is 1. The fourth-order valence-electron chi connectivity index (χ4n) is 3.39. The molecule has 0 atom stereocenters. The zero-order valence-electron chi connectivity index (χ0n) is 16.7. The summed E-state index contributed by atoms with van der Waals surface area (Å²) >= 11 is 0. The van der Waals surface area contributed by atoms with E-state index in [0.717, 1.165) is 53.7 Å². The topological polar surface area (TPSA) is 58.6 Å². The maximum absolute atomic E-state index is 12.5. The summed E-state index contributed by atoms with van der Waals surface area (Å²) in [6, 6.07) is 8.06. The van der Waals surface area contributed by atoms with E-state index in [1.165, 1.54) is 0 Å². The second kappa shape index (κ2) is 8.37. The molecule has 144 valence electrons. The fraction of sp³-hybridized carbons (Fsp3) is 0.476. The summed E-state index contributed by atoms with van der Waals surface area (Å²) in [5.41, 5.74) is 3.33. The third kappa shape index (κ3) is 4.96. The van der Waals surface area contributed by atoms with E-state index in [-0.39, 0.29) is 12.5 Å². The molecule has 0 spiro atoms. The Kier molecular flexibility index (Phi) is 5.94. The number of nitrogens with zero attached hydrogens (tertiary/aromatic N) is 4. The first-order valence-corrected chi connectivity index (χ1v) is 9.53. The van der Waals surface area contributed by atoms with Gasteiger partial charge in [0.1, 0.15) is 17.4 Å². The van der Waals surface area contributed by atoms with E-state index in [1.807, 2.05) is 43.9 Å². The van der Waals surface area contributed by atoms with Gasteiger partial charge in [0, 0.05) is 37.9 Å². The first kappa shape index (κ1) is 19.1. The molecule has 1 saturated heterocycles. The third-order valence-corrected chi connectivity index (χ3v) is 4.75. The number of aromatic nitrogens is 2. The zero-order valence-corrected chi connectivity index (χ0v) is 16.7. The highest BCUT2D eigenvalue weighted by Crippen LogP contribution is 2.18. The predicted octanol–water partition coefficient (Wildman–Crippen LogP) is 2.69. The average molecular weight is 368 g/mol. The highest BCUT2D eigenvalue weighted by molar-refractivity contribution is 5.78. The van der Waals surface area contributed by atoms with Crippen LogP contribution in [0.25, 0.3) is 0 Å². The van der Waals surface area contributed by atoms with E-state index in [0.29, 0.717) is 13.1 Å². The second-order valence-electron chi connectivity index (χ2n) is 7.10. The summed E-state index contributed by atoms with van der Waals surface area (Å²) in [6.07, 6.45) is 0.893. The standard InChI is InChI=1S/C21H28N4O2/c1-5-18-13-20(23-17(4)22-18)24-6-8-25(9-7-24)21(26)14-27-19-11-15(2)10-16(3)12-19/h10-13H,5-9,14H2,1-4H3. The molecule has 0 N–H and O–H groups in total. The molecule has 2 heterocycles. The molecule has 0 saturated carbocycles. The summed E-state index contributed by atoms with van der Waals surface area (Å²) in [6.45, 7) is 11.1. The Morgan fingerprint density at radius 3 is 2.30 bits per heavy atom. The number of rotatable bonds is 5. The van der Waals surface area contributed by atoms with Crippen molar-refractivity contribution in [3.05, 3.63) is 46.9 Å². The lowest BCUT2D eigenvalue weighted by atomic mass is 10.1. The first-order valence-electron chi connectivity index (χ1n) is 9.53. The van der Waals surface area contributed by atoms with Crippen molar-refractivity contribution in [1.29, 1.82) is 0 Å². The lowest BCUT2D eigenvalue weighted by Gasteiger charge is -2.35. The van der Waals surface area contributed by atoms with Crippen molar-refractivity contribution in [3.8, 4) is 5.75 Å². The van der Waals surface area contributed by atoms with Crippen molar-refractivity contribution in [2.24, 2.45) is 0 Å². The molecule has 1 aliphatic heterocycles. The van der Waals surface area contributed by atoms with E-state index in [4.69, 9.17) is 4.74 Å². The zero-order chi connectivity index (χ0) is 19.4. The number of aryl methyl sites for hydroxylation is 4. The first-order chi connectivity index (χ1) is 12.9. The number of carbonyl (C=O) groups excluding carboxylic acids is 1. The van der Waals surface area contributed by atoms with Gasteiger partial charge in [0.25, 0.3) is 5.91 Å². The van der Waals surface area contributed by atoms with Crippen molar-refractivity contribution in [1.82, 2.24) is 14.9 Å². The Morgan fingerprint density at radius 1 is 1.00 bits per heavy atom. The van der Waals surface area contributed by atoms with Crippen LogP contribution in [0.4, 0.5) is 5.82 Å². The average Bonchev–Trinajstić information content (AvgIpc) is 2.65. The molecule has 0 unspecified atom stereocenters. The minimum absolute atomic E-state index is 0.0296. The molecule has 0 bridgehead atoms. The second-order valence-corrected chi connectivity index (χ2v) is 7.10. The number of benzene rings is 1. The third-order valence-electron chi connectivity index (χ3n) is 4.75. The molecule has 2 aromatic rings. The van der Waals surface area contributed by atoms with Crippen molar-refractivity contribution in [2.75, 3.05) is 37.7 Å². The summed E-state index contributed by atoms with van der Waals surface area (Å²) in [5, 5.41) is 0. The van der Waals surface area contributed by atoms with Crippen LogP contribution in [0, 0.1) is 20.8 Å². The summed E-state index contributed by atoms with van der Waals surface area (Å²) in [7, 11) is 0. The molecule has 1 aromatic heterocycles. The number of hydrogen-bond donors (Lipinski definition) is 0. The van der Waals surface area contributed by atoms with E-state index in [1.54, 1.807) is 0 Å². The highest BCUT2D eigenvalue weighted by atomic mass is 16.5. The number of piperazine rings is 1. The normalized spacial score (nSPS) is 14.4. The lowest BCUT2D eigenvalue weighted by molar-refractivity contribution is -0.133. The van der Waals surface area contributed by atoms with Crippen molar-refractivity contribution in [2.45, 2.75) is 34.1 Å². The van der Waals surface area contributed by atoms with Gasteiger partial charge in [0.15, 0.2) is 6.61 Å². The number of hydrogen-bond acceptors (Lipinski definition) is 5. The Labute approximate surface area is 161 Å². The molecule has 3 rings (SSSR count). The molecule has 1 aliphatic rings. The summed E-state index contributed by atoms with van der Waals surface area (Å²) < 4.78 is 5.71. The summed E-state index contributed by atoms with van der Waals surface area (Å²) in [4.78, 5) is 25.6. The molecule has 1 fully saturated rings. The Balaban J connectivity index is 1.54. The number of amides is 1. The van der Waals surface area contributed by atoms with Gasteiger partial charge in [-0.1, -0.05) is 13.0 Å². The van der Waals surface area contributed by atoms with E-state index in [2.05, 4.69) is 27.9 Å². The largest absolute Gasteiger partial charge is 0.484 e. The van der Waals surface area contributed by atoms with Gasteiger partial charge in [-0.05, 0) is 50.5 Å². The smallest absolute Gasteiger partial charge is 0.260 e. The highest BCUT2D eigenvalue weighted by Gasteiger charge is 2.22. The SMILES string of the molecule is CCc1cc(N2CCN(C(=O)COc3cc(C)cc(C)c3)CC2)nc(C)n1. The molecule has 1 aromatic carbocycles. The fourth-order valence-corrected chi connectivity index (χ4v) is 3.39. The number of anilines is 1. The van der Waals surface area contributed by atoms with Crippen molar-refractivity contribution < 1.29 is 9.53 Å². The van der Waals surface area contributed by atoms with Crippen molar-refractivity contribution >= 4 is 11.7 Å². The quantitative estimate of drug-likeness (QED) is 0.812. The molecule has 0 radical (unpaired) electrons. The minimum atomic E-state index is 0.0296. The predicted molar refractivity (Wildman–Crippen MR) is 106 cm³/mol. The monoisotopic (exact) mass is 368 g/mol. The Hall–Kier alpha value is -2.63. The van der Waals surface area contributed by atoms with Crippen LogP contribution in [0.15, 0.2) is 24.3 Å². The molecule has 27 heavy (non-hydrogen) atoms. The van der Waals surface area contributed by atoms with Crippen molar-refractivity contribution in [3.63, 3.8) is 0 Å². The van der Waals surface area contributed by atoms with Gasteiger partial charge in [0.05, 0.1) is 0 Å². The van der Waals surface area contributed by atoms with Crippen LogP contribution in [0.5, 0.6) is 5.75 Å². The molecule has 6 heteroatoms. The Morgan fingerprint density at radius 2 is 1.67 bits per heavy atom. The van der Waals surface area contributed by atoms with Crippen LogP contribution < -0.4 is 9.64 Å². The van der Waals surface area contributed by atoms with Gasteiger partial charge in [-0.3, -0.25) is 4.79 Å². The van der Waals surface area contributed by atoms with Crippen LogP contribution in [-0.2, 0) is 11.2 Å². The molecule has 1 amide bonds. The molecular formula is C21H28N4O2. The molecule has 0 aliphatic carbocycles.